The summed E-state index contributed by atoms with van der Waals surface area (Å²) in [4.78, 5) is 16.5. The van der Waals surface area contributed by atoms with Crippen molar-refractivity contribution in [3.05, 3.63) is 34.9 Å². The average Bonchev–Trinajstić information content (AvgIpc) is 2.64. The molecule has 1 aromatic carbocycles. The second kappa shape index (κ2) is 8.50. The van der Waals surface area contributed by atoms with E-state index in [9.17, 15) is 4.79 Å². The molecule has 148 valence electrons. The van der Waals surface area contributed by atoms with E-state index in [1.165, 1.54) is 44.3 Å². The van der Waals surface area contributed by atoms with Crippen molar-refractivity contribution in [1.29, 1.82) is 0 Å². The zero-order valence-electron chi connectivity index (χ0n) is 16.0. The van der Waals surface area contributed by atoms with E-state index in [1.807, 2.05) is 12.1 Å². The molecule has 4 nitrogen and oxygen atoms in total. The van der Waals surface area contributed by atoms with Gasteiger partial charge >= 0.3 is 5.97 Å². The van der Waals surface area contributed by atoms with Crippen LogP contribution in [0.3, 0.4) is 0 Å². The summed E-state index contributed by atoms with van der Waals surface area (Å²) >= 11 is 6.22. The number of nitrogens with zero attached hydrogens (tertiary/aromatic N) is 2. The molecule has 3 fully saturated rings. The Labute approximate surface area is 167 Å². The highest BCUT2D eigenvalue weighted by Gasteiger charge is 2.48. The molecule has 4 rings (SSSR count). The first-order valence-electron chi connectivity index (χ1n) is 10.6. The van der Waals surface area contributed by atoms with Crippen molar-refractivity contribution in [2.45, 2.75) is 63.6 Å². The molecule has 0 aromatic heterocycles. The Balaban J connectivity index is 1.55. The zero-order valence-corrected chi connectivity index (χ0v) is 16.8. The fraction of sp³-hybridized carbons (Fsp3) is 0.682. The van der Waals surface area contributed by atoms with Gasteiger partial charge in [0.1, 0.15) is 0 Å². The van der Waals surface area contributed by atoms with Crippen LogP contribution in [0.15, 0.2) is 24.3 Å². The Morgan fingerprint density at radius 1 is 1.22 bits per heavy atom. The number of benzene rings is 1. The van der Waals surface area contributed by atoms with Crippen LogP contribution < -0.4 is 0 Å². The monoisotopic (exact) mass is 390 g/mol. The predicted molar refractivity (Wildman–Crippen MR) is 108 cm³/mol. The second-order valence-corrected chi connectivity index (χ2v) is 9.08. The van der Waals surface area contributed by atoms with Gasteiger partial charge in [0.05, 0.1) is 0 Å². The molecule has 0 unspecified atom stereocenters. The van der Waals surface area contributed by atoms with Gasteiger partial charge in [0.2, 0.25) is 0 Å². The number of halogens is 1. The number of carboxylic acids is 1. The van der Waals surface area contributed by atoms with E-state index >= 15 is 0 Å². The van der Waals surface area contributed by atoms with Gasteiger partial charge in [0.25, 0.3) is 0 Å². The van der Waals surface area contributed by atoms with Crippen molar-refractivity contribution in [3.8, 4) is 0 Å². The van der Waals surface area contributed by atoms with Crippen LogP contribution in [-0.2, 0) is 11.3 Å². The Morgan fingerprint density at radius 3 is 2.81 bits per heavy atom. The summed E-state index contributed by atoms with van der Waals surface area (Å²) in [6.07, 6.45) is 7.30. The van der Waals surface area contributed by atoms with Crippen molar-refractivity contribution < 1.29 is 9.90 Å². The lowest BCUT2D eigenvalue weighted by Gasteiger charge is -2.57. The molecule has 0 saturated carbocycles. The quantitative estimate of drug-likeness (QED) is 0.787. The number of aliphatic carboxylic acids is 1. The van der Waals surface area contributed by atoms with Crippen LogP contribution in [-0.4, -0.2) is 52.6 Å². The minimum Gasteiger partial charge on any atom is -0.481 e. The van der Waals surface area contributed by atoms with Crippen LogP contribution in [0, 0.1) is 11.8 Å². The highest BCUT2D eigenvalue weighted by atomic mass is 35.5. The lowest BCUT2D eigenvalue weighted by Crippen LogP contribution is -2.64. The van der Waals surface area contributed by atoms with Gasteiger partial charge in [-0.05, 0) is 81.1 Å². The number of rotatable bonds is 6. The van der Waals surface area contributed by atoms with Crippen molar-refractivity contribution >= 4 is 17.6 Å². The smallest absolute Gasteiger partial charge is 0.303 e. The van der Waals surface area contributed by atoms with E-state index in [0.29, 0.717) is 12.0 Å². The summed E-state index contributed by atoms with van der Waals surface area (Å²) in [6, 6.07) is 9.42. The summed E-state index contributed by atoms with van der Waals surface area (Å²) in [5, 5.41) is 9.90. The van der Waals surface area contributed by atoms with E-state index in [-0.39, 0.29) is 6.42 Å². The van der Waals surface area contributed by atoms with Gasteiger partial charge in [0, 0.05) is 36.6 Å². The maximum Gasteiger partial charge on any atom is 0.303 e. The highest BCUT2D eigenvalue weighted by Crippen LogP contribution is 2.43. The summed E-state index contributed by atoms with van der Waals surface area (Å²) < 4.78 is 0. The van der Waals surface area contributed by atoms with Crippen LogP contribution in [0.25, 0.3) is 0 Å². The zero-order chi connectivity index (χ0) is 18.8. The summed E-state index contributed by atoms with van der Waals surface area (Å²) in [5.41, 5.74) is 1.27. The molecular weight excluding hydrogens is 360 g/mol. The first kappa shape index (κ1) is 19.2. The normalized spacial score (nSPS) is 31.4. The van der Waals surface area contributed by atoms with Gasteiger partial charge in [0.15, 0.2) is 0 Å². The van der Waals surface area contributed by atoms with Crippen LogP contribution in [0.4, 0.5) is 0 Å². The van der Waals surface area contributed by atoms with E-state index in [2.05, 4.69) is 21.9 Å². The van der Waals surface area contributed by atoms with E-state index in [0.717, 1.165) is 42.9 Å². The Bertz CT molecular complexity index is 665. The SMILES string of the molecule is O=C(O)CCC[C@@H]1[C@H]2CCCN3CCC[C@@H](CN1Cc1cccc(Cl)c1)[C@@H]23. The number of likely N-dealkylation sites (tertiary alicyclic amines) is 1. The number of hydrogen-bond donors (Lipinski definition) is 1. The van der Waals surface area contributed by atoms with Gasteiger partial charge in [-0.15, -0.1) is 0 Å². The fourth-order valence-electron chi connectivity index (χ4n) is 5.99. The topological polar surface area (TPSA) is 43.8 Å². The molecule has 0 radical (unpaired) electrons. The summed E-state index contributed by atoms with van der Waals surface area (Å²) in [6.45, 7) is 4.58. The third-order valence-electron chi connectivity index (χ3n) is 6.94. The molecule has 3 aliphatic rings. The largest absolute Gasteiger partial charge is 0.481 e. The van der Waals surface area contributed by atoms with Crippen LogP contribution in [0.2, 0.25) is 5.02 Å². The van der Waals surface area contributed by atoms with Gasteiger partial charge in [-0.2, -0.15) is 0 Å². The third kappa shape index (κ3) is 4.33. The fourth-order valence-corrected chi connectivity index (χ4v) is 6.21. The van der Waals surface area contributed by atoms with Crippen LogP contribution in [0.1, 0.15) is 50.5 Å². The average molecular weight is 391 g/mol. The van der Waals surface area contributed by atoms with E-state index in [4.69, 9.17) is 16.7 Å². The Hall–Kier alpha value is -1.10. The first-order chi connectivity index (χ1) is 13.1. The van der Waals surface area contributed by atoms with Crippen LogP contribution >= 0.6 is 11.6 Å². The molecule has 1 aromatic rings. The summed E-state index contributed by atoms with van der Waals surface area (Å²) in [5.74, 6) is 0.776. The lowest BCUT2D eigenvalue weighted by atomic mass is 9.69. The van der Waals surface area contributed by atoms with Gasteiger partial charge in [-0.25, -0.2) is 0 Å². The number of piperidine rings is 3. The standard InChI is InChI=1S/C22H31ClN2O2/c23-18-7-1-5-16(13-18)14-25-15-17-6-3-11-24-12-4-8-19(22(17)24)20(25)9-2-10-21(26)27/h1,5,7,13,17,19-20,22H,2-4,6,8-12,14-15H2,(H,26,27)/t17-,19+,20+,22-/m0/s1. The molecule has 27 heavy (non-hydrogen) atoms. The van der Waals surface area contributed by atoms with Crippen molar-refractivity contribution in [2.75, 3.05) is 19.6 Å². The molecule has 1 N–H and O–H groups in total. The minimum atomic E-state index is -0.673. The molecule has 3 saturated heterocycles. The van der Waals surface area contributed by atoms with Gasteiger partial charge < -0.3 is 5.11 Å². The molecule has 3 heterocycles. The Kier molecular flexibility index (Phi) is 6.05. The van der Waals surface area contributed by atoms with Crippen LogP contribution in [0.5, 0.6) is 0 Å². The Morgan fingerprint density at radius 2 is 2.04 bits per heavy atom. The summed E-state index contributed by atoms with van der Waals surface area (Å²) in [7, 11) is 0. The number of hydrogen-bond acceptors (Lipinski definition) is 3. The number of carboxylic acid groups (broad SMARTS) is 1. The number of carbonyl (C=O) groups is 1. The minimum absolute atomic E-state index is 0.284. The molecule has 0 amide bonds. The van der Waals surface area contributed by atoms with Gasteiger partial charge in [-0.1, -0.05) is 23.7 Å². The van der Waals surface area contributed by atoms with Crippen molar-refractivity contribution in [2.24, 2.45) is 11.8 Å². The molecule has 0 aliphatic carbocycles. The molecular formula is C22H31ClN2O2. The second-order valence-electron chi connectivity index (χ2n) is 8.65. The molecule has 3 aliphatic heterocycles. The highest BCUT2D eigenvalue weighted by molar-refractivity contribution is 6.30. The maximum absolute atomic E-state index is 11.1. The van der Waals surface area contributed by atoms with E-state index in [1.54, 1.807) is 0 Å². The first-order valence-corrected chi connectivity index (χ1v) is 10.9. The predicted octanol–water partition coefficient (Wildman–Crippen LogP) is 4.27. The molecule has 0 spiro atoms. The van der Waals surface area contributed by atoms with E-state index < -0.39 is 5.97 Å². The maximum atomic E-state index is 11.1. The third-order valence-corrected chi connectivity index (χ3v) is 7.18. The van der Waals surface area contributed by atoms with Crippen molar-refractivity contribution in [1.82, 2.24) is 9.80 Å². The molecule has 5 heteroatoms. The lowest BCUT2D eigenvalue weighted by molar-refractivity contribution is -0.137. The molecule has 0 bridgehead atoms. The molecule has 4 atom stereocenters. The van der Waals surface area contributed by atoms with Crippen molar-refractivity contribution in [3.63, 3.8) is 0 Å². The van der Waals surface area contributed by atoms with Gasteiger partial charge in [-0.3, -0.25) is 14.6 Å².